The maximum Gasteiger partial charge on any atom is 0.360 e. The maximum atomic E-state index is 13.9. The zero-order valence-corrected chi connectivity index (χ0v) is 19.8. The highest BCUT2D eigenvalue weighted by Gasteiger charge is 2.56. The van der Waals surface area contributed by atoms with E-state index in [1.807, 2.05) is 4.90 Å². The summed E-state index contributed by atoms with van der Waals surface area (Å²) in [6, 6.07) is 0. The van der Waals surface area contributed by atoms with Gasteiger partial charge in [-0.25, -0.2) is 0 Å². The first-order chi connectivity index (χ1) is 13.4. The smallest absolute Gasteiger partial charge is 0.307 e. The minimum Gasteiger partial charge on any atom is -0.307 e. The number of rotatable bonds is 11. The summed E-state index contributed by atoms with van der Waals surface area (Å²) < 4.78 is 50.4. The molecule has 0 radical (unpaired) electrons. The van der Waals surface area contributed by atoms with Gasteiger partial charge in [0.1, 0.15) is 0 Å². The molecule has 0 bridgehead atoms. The van der Waals surface area contributed by atoms with Crippen LogP contribution < -0.4 is 0 Å². The number of hydrogen-bond donors (Lipinski definition) is 0. The van der Waals surface area contributed by atoms with E-state index in [1.165, 1.54) is 19.3 Å². The molecule has 0 amide bonds. The van der Waals surface area contributed by atoms with Crippen LogP contribution in [0.2, 0.25) is 0 Å². The second-order valence-electron chi connectivity index (χ2n) is 7.73. The van der Waals surface area contributed by atoms with Crippen LogP contribution in [0.4, 0.5) is 0 Å². The van der Waals surface area contributed by atoms with Crippen LogP contribution in [0.15, 0.2) is 0 Å². The monoisotopic (exact) mass is 439 g/mol. The van der Waals surface area contributed by atoms with E-state index in [-0.39, 0.29) is 31.8 Å². The molecule has 0 aromatic carbocycles. The second kappa shape index (κ2) is 11.0. The van der Waals surface area contributed by atoms with Crippen molar-refractivity contribution in [3.8, 4) is 0 Å². The average molecular weight is 439 g/mol. The van der Waals surface area contributed by atoms with Crippen LogP contribution in [0.25, 0.3) is 0 Å². The van der Waals surface area contributed by atoms with Gasteiger partial charge in [-0.1, -0.05) is 19.3 Å². The van der Waals surface area contributed by atoms with Crippen LogP contribution in [0.1, 0.15) is 72.6 Å². The predicted molar refractivity (Wildman–Crippen MR) is 112 cm³/mol. The molecule has 7 nitrogen and oxygen atoms in total. The summed E-state index contributed by atoms with van der Waals surface area (Å²) in [5.74, 6) is 0. The van der Waals surface area contributed by atoms with Crippen LogP contribution in [0, 0.1) is 5.41 Å². The molecular weight excluding hydrogens is 400 g/mol. The molecule has 1 spiro atoms. The molecule has 28 heavy (non-hydrogen) atoms. The standard InChI is InChI=1S/C19H39NO6P2/c1-5-23-27(21,24-6-2)18(28(22,25-7-3)26-8-4)20-16-12-15-19(17-20)13-10-9-11-14-19/h18H,5-17H2,1-4H3. The molecule has 0 aromatic heterocycles. The van der Waals surface area contributed by atoms with Gasteiger partial charge < -0.3 is 18.1 Å². The van der Waals surface area contributed by atoms with Crippen molar-refractivity contribution in [2.24, 2.45) is 5.41 Å². The fraction of sp³-hybridized carbons (Fsp3) is 1.00. The Kier molecular flexibility index (Phi) is 9.67. The summed E-state index contributed by atoms with van der Waals surface area (Å²) in [5, 5.41) is 0. The lowest BCUT2D eigenvalue weighted by atomic mass is 9.69. The number of piperidine rings is 1. The fourth-order valence-electron chi connectivity index (χ4n) is 4.79. The van der Waals surface area contributed by atoms with E-state index >= 15 is 0 Å². The molecule has 2 rings (SSSR count). The topological polar surface area (TPSA) is 74.3 Å². The Morgan fingerprint density at radius 3 is 1.61 bits per heavy atom. The predicted octanol–water partition coefficient (Wildman–Crippen LogP) is 5.85. The first-order valence-corrected chi connectivity index (χ1v) is 14.1. The molecule has 1 heterocycles. The molecule has 2 fully saturated rings. The summed E-state index contributed by atoms with van der Waals surface area (Å²) >= 11 is 0. The molecule has 1 saturated carbocycles. The SMILES string of the molecule is CCOP(=O)(OCC)C(N1CCCC2(CCCCC2)C1)P(=O)(OCC)OCC. The Labute approximate surface area is 170 Å². The van der Waals surface area contributed by atoms with Gasteiger partial charge in [0, 0.05) is 6.54 Å². The third-order valence-corrected chi connectivity index (χ3v) is 11.7. The number of likely N-dealkylation sites (tertiary alicyclic amines) is 1. The average Bonchev–Trinajstić information content (AvgIpc) is 2.63. The summed E-state index contributed by atoms with van der Waals surface area (Å²) in [7, 11) is -7.47. The Morgan fingerprint density at radius 1 is 0.750 bits per heavy atom. The highest BCUT2D eigenvalue weighted by Crippen LogP contribution is 2.72. The summed E-state index contributed by atoms with van der Waals surface area (Å²) in [4.78, 5) is 2.05. The van der Waals surface area contributed by atoms with Crippen molar-refractivity contribution in [2.75, 3.05) is 39.5 Å². The lowest BCUT2D eigenvalue weighted by Crippen LogP contribution is -2.49. The van der Waals surface area contributed by atoms with E-state index in [0.29, 0.717) is 6.54 Å². The van der Waals surface area contributed by atoms with Crippen molar-refractivity contribution >= 4 is 15.2 Å². The van der Waals surface area contributed by atoms with E-state index in [1.54, 1.807) is 27.7 Å². The van der Waals surface area contributed by atoms with Gasteiger partial charge in [0.05, 0.1) is 26.4 Å². The van der Waals surface area contributed by atoms with Crippen molar-refractivity contribution in [3.05, 3.63) is 0 Å². The molecular formula is C19H39NO6P2. The lowest BCUT2D eigenvalue weighted by molar-refractivity contribution is 0.0431. The second-order valence-corrected chi connectivity index (χ2v) is 12.3. The van der Waals surface area contributed by atoms with Gasteiger partial charge in [-0.3, -0.25) is 14.0 Å². The van der Waals surface area contributed by atoms with Crippen molar-refractivity contribution in [2.45, 2.75) is 78.2 Å². The minimum atomic E-state index is -3.73. The van der Waals surface area contributed by atoms with Gasteiger partial charge in [-0.15, -0.1) is 0 Å². The summed E-state index contributed by atoms with van der Waals surface area (Å²) in [5.41, 5.74) is -0.819. The van der Waals surface area contributed by atoms with Crippen LogP contribution in [-0.2, 0) is 27.2 Å². The summed E-state index contributed by atoms with van der Waals surface area (Å²) in [6.45, 7) is 9.38. The Balaban J connectivity index is 2.44. The quantitative estimate of drug-likeness (QED) is 0.374. The molecule has 0 N–H and O–H groups in total. The molecule has 1 saturated heterocycles. The highest BCUT2D eigenvalue weighted by atomic mass is 31.2. The number of nitrogens with zero attached hydrogens (tertiary/aromatic N) is 1. The Morgan fingerprint density at radius 2 is 1.18 bits per heavy atom. The van der Waals surface area contributed by atoms with Crippen molar-refractivity contribution in [3.63, 3.8) is 0 Å². The molecule has 1 aliphatic carbocycles. The molecule has 2 aliphatic rings. The zero-order valence-electron chi connectivity index (χ0n) is 18.1. The van der Waals surface area contributed by atoms with E-state index in [4.69, 9.17) is 18.1 Å². The van der Waals surface area contributed by atoms with Crippen LogP contribution in [0.5, 0.6) is 0 Å². The van der Waals surface area contributed by atoms with Gasteiger partial charge in [-0.05, 0) is 65.3 Å². The molecule has 0 unspecified atom stereocenters. The number of hydrogen-bond acceptors (Lipinski definition) is 7. The third-order valence-electron chi connectivity index (χ3n) is 5.73. The van der Waals surface area contributed by atoms with Crippen LogP contribution in [0.3, 0.4) is 0 Å². The van der Waals surface area contributed by atoms with Gasteiger partial charge in [0.2, 0.25) is 5.52 Å². The maximum absolute atomic E-state index is 13.9. The molecule has 1 aliphatic heterocycles. The Bertz CT molecular complexity index is 511. The largest absolute Gasteiger partial charge is 0.360 e. The van der Waals surface area contributed by atoms with Gasteiger partial charge in [0.25, 0.3) is 0 Å². The van der Waals surface area contributed by atoms with E-state index in [0.717, 1.165) is 32.2 Å². The lowest BCUT2D eigenvalue weighted by Gasteiger charge is -2.49. The molecule has 166 valence electrons. The van der Waals surface area contributed by atoms with E-state index in [9.17, 15) is 9.13 Å². The minimum absolute atomic E-state index is 0.196. The van der Waals surface area contributed by atoms with Gasteiger partial charge in [0.15, 0.2) is 0 Å². The molecule has 9 heteroatoms. The van der Waals surface area contributed by atoms with Crippen molar-refractivity contribution in [1.29, 1.82) is 0 Å². The van der Waals surface area contributed by atoms with Crippen LogP contribution >= 0.6 is 15.2 Å². The van der Waals surface area contributed by atoms with E-state index in [2.05, 4.69) is 0 Å². The van der Waals surface area contributed by atoms with Gasteiger partial charge in [-0.2, -0.15) is 0 Å². The van der Waals surface area contributed by atoms with Crippen molar-refractivity contribution in [1.82, 2.24) is 4.90 Å². The van der Waals surface area contributed by atoms with Gasteiger partial charge >= 0.3 is 15.2 Å². The summed E-state index contributed by atoms with van der Waals surface area (Å²) in [6.07, 6.45) is 8.19. The van der Waals surface area contributed by atoms with Crippen molar-refractivity contribution < 1.29 is 27.2 Å². The molecule has 0 aromatic rings. The fourth-order valence-corrected chi connectivity index (χ4v) is 10.3. The first-order valence-electron chi connectivity index (χ1n) is 10.9. The third kappa shape index (κ3) is 5.69. The normalized spacial score (nSPS) is 21.5. The Hall–Kier alpha value is 0.260. The van der Waals surface area contributed by atoms with E-state index < -0.39 is 20.7 Å². The first kappa shape index (κ1) is 24.5. The highest BCUT2D eigenvalue weighted by molar-refractivity contribution is 7.72. The molecule has 0 atom stereocenters. The van der Waals surface area contributed by atoms with Crippen LogP contribution in [-0.4, -0.2) is 49.9 Å². The zero-order chi connectivity index (χ0) is 20.7.